The van der Waals surface area contributed by atoms with Crippen molar-refractivity contribution >= 4 is 35.0 Å². The molecule has 1 aliphatic rings. The van der Waals surface area contributed by atoms with Crippen LogP contribution in [0.1, 0.15) is 57.9 Å². The quantitative estimate of drug-likeness (QED) is 0.480. The van der Waals surface area contributed by atoms with E-state index in [1.807, 2.05) is 12.1 Å². The predicted octanol–water partition coefficient (Wildman–Crippen LogP) is 5.81. The van der Waals surface area contributed by atoms with Crippen molar-refractivity contribution in [1.29, 1.82) is 0 Å². The molecule has 1 saturated carbocycles. The van der Waals surface area contributed by atoms with Gasteiger partial charge in [-0.05, 0) is 81.0 Å². The lowest BCUT2D eigenvalue weighted by Gasteiger charge is -2.23. The minimum atomic E-state index is -0.534. The lowest BCUT2D eigenvalue weighted by Crippen LogP contribution is -2.35. The van der Waals surface area contributed by atoms with Crippen molar-refractivity contribution < 1.29 is 9.94 Å². The third kappa shape index (κ3) is 7.75. The molecule has 28 heavy (non-hydrogen) atoms. The highest BCUT2D eigenvalue weighted by molar-refractivity contribution is 6.42. The molecule has 156 valence electrons. The van der Waals surface area contributed by atoms with Crippen molar-refractivity contribution in [3.05, 3.63) is 39.4 Å². The zero-order valence-electron chi connectivity index (χ0n) is 17.0. The maximum Gasteiger partial charge on any atom is 0.144 e. The van der Waals surface area contributed by atoms with Gasteiger partial charge >= 0.3 is 0 Å². The topological polar surface area (TPSA) is 45.1 Å². The fraction of sp³-hybridized carbons (Fsp3) is 0.591. The molecule has 0 amide bonds. The molecule has 0 saturated heterocycles. The van der Waals surface area contributed by atoms with E-state index in [2.05, 4.69) is 30.0 Å². The Morgan fingerprint density at radius 3 is 2.54 bits per heavy atom. The third-order valence-electron chi connectivity index (χ3n) is 4.76. The largest absolute Gasteiger partial charge is 0.393 e. The number of oxime groups is 1. The summed E-state index contributed by atoms with van der Waals surface area (Å²) in [6.45, 7) is 7.14. The molecular formula is C22H32Cl2N2O2. The summed E-state index contributed by atoms with van der Waals surface area (Å²) in [5.41, 5.74) is 3.13. The Bertz CT molecular complexity index is 671. The lowest BCUT2D eigenvalue weighted by atomic mass is 9.91. The second-order valence-electron chi connectivity index (χ2n) is 7.34. The molecule has 1 aromatic rings. The minimum Gasteiger partial charge on any atom is -0.393 e. The van der Waals surface area contributed by atoms with Crippen LogP contribution in [0.25, 0.3) is 6.08 Å². The first-order valence-corrected chi connectivity index (χ1v) is 11.0. The molecule has 0 bridgehead atoms. The van der Waals surface area contributed by atoms with E-state index in [4.69, 9.17) is 28.0 Å². The van der Waals surface area contributed by atoms with Gasteiger partial charge in [0, 0.05) is 6.54 Å². The fourth-order valence-corrected chi connectivity index (χ4v) is 3.76. The normalized spacial score (nSPS) is 18.8. The molecule has 0 radical (unpaired) electrons. The van der Waals surface area contributed by atoms with Gasteiger partial charge in [0.1, 0.15) is 12.7 Å². The van der Waals surface area contributed by atoms with Crippen LogP contribution in [-0.4, -0.2) is 48.1 Å². The minimum absolute atomic E-state index is 0.216. The van der Waals surface area contributed by atoms with Crippen molar-refractivity contribution in [2.24, 2.45) is 5.16 Å². The fourth-order valence-electron chi connectivity index (χ4n) is 3.45. The predicted molar refractivity (Wildman–Crippen MR) is 119 cm³/mol. The second kappa shape index (κ2) is 12.5. The van der Waals surface area contributed by atoms with Crippen LogP contribution in [0.3, 0.4) is 0 Å². The highest BCUT2D eigenvalue weighted by atomic mass is 35.5. The molecular weight excluding hydrogens is 395 g/mol. The van der Waals surface area contributed by atoms with Gasteiger partial charge in [-0.1, -0.05) is 48.3 Å². The summed E-state index contributed by atoms with van der Waals surface area (Å²) in [4.78, 5) is 7.80. The number of allylic oxidation sites excluding steroid dienone is 1. The Morgan fingerprint density at radius 1 is 1.14 bits per heavy atom. The van der Waals surface area contributed by atoms with Gasteiger partial charge in [-0.15, -0.1) is 0 Å². The molecule has 1 atom stereocenters. The Balaban J connectivity index is 1.96. The van der Waals surface area contributed by atoms with Gasteiger partial charge in [-0.2, -0.15) is 0 Å². The molecule has 0 heterocycles. The number of nitrogens with zero attached hydrogens (tertiary/aromatic N) is 2. The summed E-state index contributed by atoms with van der Waals surface area (Å²) < 4.78 is 0. The Labute approximate surface area is 179 Å². The van der Waals surface area contributed by atoms with Crippen LogP contribution < -0.4 is 0 Å². The standard InChI is InChI=1S/C22H32Cl2N2O2/c1-3-11-26(12-4-2)15-19(27)16-28-25-22-8-6-5-7-18(22)13-17-9-10-20(23)21(24)14-17/h9-10,13-14,19,27H,3-8,11-12,15-16H2,1-2H3. The zero-order valence-corrected chi connectivity index (χ0v) is 18.5. The summed E-state index contributed by atoms with van der Waals surface area (Å²) >= 11 is 12.1. The average Bonchev–Trinajstić information content (AvgIpc) is 2.66. The van der Waals surface area contributed by atoms with Crippen LogP contribution >= 0.6 is 23.2 Å². The van der Waals surface area contributed by atoms with Gasteiger partial charge in [0.2, 0.25) is 0 Å². The van der Waals surface area contributed by atoms with Gasteiger partial charge in [-0.25, -0.2) is 0 Å². The van der Waals surface area contributed by atoms with Crippen molar-refractivity contribution in [2.75, 3.05) is 26.2 Å². The number of hydrogen-bond acceptors (Lipinski definition) is 4. The van der Waals surface area contributed by atoms with E-state index in [0.29, 0.717) is 16.6 Å². The first-order chi connectivity index (χ1) is 13.5. The third-order valence-corrected chi connectivity index (χ3v) is 5.49. The van der Waals surface area contributed by atoms with Crippen molar-refractivity contribution in [1.82, 2.24) is 4.90 Å². The highest BCUT2D eigenvalue weighted by Gasteiger charge is 2.16. The molecule has 1 aromatic carbocycles. The van der Waals surface area contributed by atoms with E-state index in [1.165, 1.54) is 0 Å². The molecule has 4 nitrogen and oxygen atoms in total. The highest BCUT2D eigenvalue weighted by Crippen LogP contribution is 2.27. The van der Waals surface area contributed by atoms with Gasteiger partial charge in [0.05, 0.1) is 15.8 Å². The number of halogens is 2. The first kappa shape index (κ1) is 23.2. The smallest absolute Gasteiger partial charge is 0.144 e. The molecule has 2 rings (SSSR count). The lowest BCUT2D eigenvalue weighted by molar-refractivity contribution is 0.0188. The molecule has 0 aromatic heterocycles. The summed E-state index contributed by atoms with van der Waals surface area (Å²) in [6.07, 6.45) is 7.82. The van der Waals surface area contributed by atoms with Crippen molar-refractivity contribution in [3.63, 3.8) is 0 Å². The van der Waals surface area contributed by atoms with Gasteiger partial charge in [-0.3, -0.25) is 0 Å². The Morgan fingerprint density at radius 2 is 1.86 bits per heavy atom. The maximum absolute atomic E-state index is 10.3. The van der Waals surface area contributed by atoms with Crippen molar-refractivity contribution in [2.45, 2.75) is 58.5 Å². The number of hydrogen-bond donors (Lipinski definition) is 1. The van der Waals surface area contributed by atoms with Gasteiger partial charge in [0.25, 0.3) is 0 Å². The first-order valence-electron chi connectivity index (χ1n) is 10.3. The Kier molecular flexibility index (Phi) is 10.3. The second-order valence-corrected chi connectivity index (χ2v) is 8.15. The summed E-state index contributed by atoms with van der Waals surface area (Å²) in [5.74, 6) is 0. The van der Waals surface area contributed by atoms with Crippen LogP contribution in [-0.2, 0) is 4.84 Å². The van der Waals surface area contributed by atoms with E-state index in [-0.39, 0.29) is 6.61 Å². The summed E-state index contributed by atoms with van der Waals surface area (Å²) in [6, 6.07) is 5.62. The van der Waals surface area contributed by atoms with Crippen LogP contribution in [0.4, 0.5) is 0 Å². The van der Waals surface area contributed by atoms with E-state index in [1.54, 1.807) is 6.07 Å². The molecule has 1 N–H and O–H groups in total. The number of aliphatic hydroxyl groups is 1. The summed E-state index contributed by atoms with van der Waals surface area (Å²) in [7, 11) is 0. The molecule has 0 spiro atoms. The van der Waals surface area contributed by atoms with Crippen LogP contribution in [0.15, 0.2) is 28.9 Å². The molecule has 1 aliphatic carbocycles. The zero-order chi connectivity index (χ0) is 20.4. The van der Waals surface area contributed by atoms with E-state index < -0.39 is 6.10 Å². The molecule has 1 unspecified atom stereocenters. The molecule has 1 fully saturated rings. The SMILES string of the molecule is CCCN(CCC)CC(O)CON=C1CCCCC1=Cc1ccc(Cl)c(Cl)c1. The van der Waals surface area contributed by atoms with Crippen LogP contribution in [0, 0.1) is 0 Å². The monoisotopic (exact) mass is 426 g/mol. The summed E-state index contributed by atoms with van der Waals surface area (Å²) in [5, 5.41) is 15.7. The van der Waals surface area contributed by atoms with Gasteiger partial charge in [0.15, 0.2) is 0 Å². The number of benzene rings is 1. The van der Waals surface area contributed by atoms with Crippen LogP contribution in [0.5, 0.6) is 0 Å². The molecule has 0 aliphatic heterocycles. The van der Waals surface area contributed by atoms with E-state index in [9.17, 15) is 5.11 Å². The number of rotatable bonds is 10. The van der Waals surface area contributed by atoms with Crippen LogP contribution in [0.2, 0.25) is 10.0 Å². The van der Waals surface area contributed by atoms with Gasteiger partial charge < -0.3 is 14.8 Å². The van der Waals surface area contributed by atoms with E-state index in [0.717, 1.165) is 68.5 Å². The van der Waals surface area contributed by atoms with Crippen molar-refractivity contribution in [3.8, 4) is 0 Å². The average molecular weight is 427 g/mol. The molecule has 6 heteroatoms. The Hall–Kier alpha value is -1.07. The number of aliphatic hydroxyl groups excluding tert-OH is 1. The maximum atomic E-state index is 10.3. The van der Waals surface area contributed by atoms with E-state index >= 15 is 0 Å².